The number of nitrogens with zero attached hydrogens (tertiary/aromatic N) is 1. The number of halogens is 1. The number of rotatable bonds is 4. The van der Waals surface area contributed by atoms with Gasteiger partial charge in [0.1, 0.15) is 11.6 Å². The first-order chi connectivity index (χ1) is 9.88. The van der Waals surface area contributed by atoms with Crippen LogP contribution in [-0.2, 0) is 6.54 Å². The van der Waals surface area contributed by atoms with Crippen LogP contribution in [0.3, 0.4) is 0 Å². The Morgan fingerprint density at radius 3 is 2.62 bits per heavy atom. The molecule has 5 nitrogen and oxygen atoms in total. The van der Waals surface area contributed by atoms with Crippen LogP contribution < -0.4 is 5.32 Å². The molecular weight excluding hydrogens is 275 g/mol. The van der Waals surface area contributed by atoms with Gasteiger partial charge >= 0.3 is 0 Å². The van der Waals surface area contributed by atoms with Crippen molar-refractivity contribution < 1.29 is 14.4 Å². The number of nitro benzene ring substituents is 1. The van der Waals surface area contributed by atoms with E-state index in [4.69, 9.17) is 0 Å². The zero-order valence-corrected chi connectivity index (χ0v) is 11.7. The Kier molecular flexibility index (Phi) is 4.07. The third kappa shape index (κ3) is 3.28. The summed E-state index contributed by atoms with van der Waals surface area (Å²) in [6.45, 7) is 3.63. The van der Waals surface area contributed by atoms with Gasteiger partial charge in [-0.25, -0.2) is 4.39 Å². The molecule has 0 unspecified atom stereocenters. The Morgan fingerprint density at radius 2 is 1.95 bits per heavy atom. The number of phenols is 1. The molecule has 0 aliphatic heterocycles. The van der Waals surface area contributed by atoms with Crippen LogP contribution in [0, 0.1) is 29.8 Å². The van der Waals surface area contributed by atoms with Crippen molar-refractivity contribution >= 4 is 11.4 Å². The van der Waals surface area contributed by atoms with Gasteiger partial charge in [-0.3, -0.25) is 10.1 Å². The van der Waals surface area contributed by atoms with Gasteiger partial charge in [-0.15, -0.1) is 0 Å². The van der Waals surface area contributed by atoms with Crippen LogP contribution in [0.25, 0.3) is 0 Å². The summed E-state index contributed by atoms with van der Waals surface area (Å²) in [4.78, 5) is 10.4. The summed E-state index contributed by atoms with van der Waals surface area (Å²) >= 11 is 0. The first-order valence-corrected chi connectivity index (χ1v) is 6.35. The predicted octanol–water partition coefficient (Wildman–Crippen LogP) is 3.67. The van der Waals surface area contributed by atoms with Gasteiger partial charge < -0.3 is 10.4 Å². The number of anilines is 1. The van der Waals surface area contributed by atoms with E-state index in [1.807, 2.05) is 0 Å². The summed E-state index contributed by atoms with van der Waals surface area (Å²) in [6, 6.07) is 6.88. The van der Waals surface area contributed by atoms with E-state index in [1.165, 1.54) is 24.3 Å². The highest BCUT2D eigenvalue weighted by Gasteiger charge is 2.13. The zero-order chi connectivity index (χ0) is 15.6. The van der Waals surface area contributed by atoms with Gasteiger partial charge in [0, 0.05) is 29.4 Å². The smallest absolute Gasteiger partial charge is 0.272 e. The van der Waals surface area contributed by atoms with Gasteiger partial charge in [0.15, 0.2) is 0 Å². The molecule has 0 saturated heterocycles. The van der Waals surface area contributed by atoms with E-state index in [0.29, 0.717) is 22.4 Å². The Bertz CT molecular complexity index is 702. The van der Waals surface area contributed by atoms with Crippen molar-refractivity contribution in [3.05, 3.63) is 63.0 Å². The standard InChI is InChI=1S/C15H15FN2O3/c1-9-6-14(18(20)21)10(2)5-13(9)17-8-11-7-12(16)3-4-15(11)19/h3-7,17,19H,8H2,1-2H3. The van der Waals surface area contributed by atoms with Crippen molar-refractivity contribution in [1.29, 1.82) is 0 Å². The lowest BCUT2D eigenvalue weighted by molar-refractivity contribution is -0.385. The Balaban J connectivity index is 2.22. The van der Waals surface area contributed by atoms with E-state index in [0.717, 1.165) is 0 Å². The summed E-state index contributed by atoms with van der Waals surface area (Å²) in [5.41, 5.74) is 2.44. The maximum absolute atomic E-state index is 13.1. The second kappa shape index (κ2) is 5.78. The number of nitrogens with one attached hydrogen (secondary N) is 1. The number of benzene rings is 2. The van der Waals surface area contributed by atoms with Crippen LogP contribution in [-0.4, -0.2) is 10.0 Å². The fraction of sp³-hybridized carbons (Fsp3) is 0.200. The minimum absolute atomic E-state index is 0.000173. The fourth-order valence-electron chi connectivity index (χ4n) is 2.07. The average Bonchev–Trinajstić information content (AvgIpc) is 2.42. The summed E-state index contributed by atoms with van der Waals surface area (Å²) in [5, 5.41) is 23.6. The quantitative estimate of drug-likeness (QED) is 0.665. The van der Waals surface area contributed by atoms with Gasteiger partial charge in [0.05, 0.1) is 4.92 Å². The fourth-order valence-corrected chi connectivity index (χ4v) is 2.07. The van der Waals surface area contributed by atoms with E-state index in [1.54, 1.807) is 19.9 Å². The molecule has 0 aliphatic rings. The molecule has 0 fully saturated rings. The minimum Gasteiger partial charge on any atom is -0.508 e. The number of hydrogen-bond acceptors (Lipinski definition) is 4. The molecule has 2 aromatic rings. The van der Waals surface area contributed by atoms with Crippen molar-refractivity contribution in [1.82, 2.24) is 0 Å². The van der Waals surface area contributed by atoms with Crippen LogP contribution in [0.2, 0.25) is 0 Å². The molecule has 21 heavy (non-hydrogen) atoms. The summed E-state index contributed by atoms with van der Waals surface area (Å²) in [6.07, 6.45) is 0. The predicted molar refractivity (Wildman–Crippen MR) is 78.0 cm³/mol. The van der Waals surface area contributed by atoms with Crippen LogP contribution in [0.5, 0.6) is 5.75 Å². The molecule has 0 bridgehead atoms. The normalized spacial score (nSPS) is 10.4. The van der Waals surface area contributed by atoms with E-state index in [9.17, 15) is 19.6 Å². The summed E-state index contributed by atoms with van der Waals surface area (Å²) in [5.74, 6) is -0.429. The van der Waals surface area contributed by atoms with E-state index in [2.05, 4.69) is 5.32 Å². The number of phenolic OH excluding ortho intramolecular Hbond substituents is 1. The maximum atomic E-state index is 13.1. The Labute approximate surface area is 121 Å². The zero-order valence-electron chi connectivity index (χ0n) is 11.7. The monoisotopic (exact) mass is 290 g/mol. The Hall–Kier alpha value is -2.63. The SMILES string of the molecule is Cc1cc([N+](=O)[O-])c(C)cc1NCc1cc(F)ccc1O. The largest absolute Gasteiger partial charge is 0.508 e. The molecule has 0 amide bonds. The molecule has 2 N–H and O–H groups in total. The second-order valence-corrected chi connectivity index (χ2v) is 4.84. The van der Waals surface area contributed by atoms with Crippen LogP contribution in [0.1, 0.15) is 16.7 Å². The van der Waals surface area contributed by atoms with E-state index in [-0.39, 0.29) is 18.0 Å². The van der Waals surface area contributed by atoms with Crippen molar-refractivity contribution in [2.75, 3.05) is 5.32 Å². The molecule has 0 spiro atoms. The lowest BCUT2D eigenvalue weighted by atomic mass is 10.1. The van der Waals surface area contributed by atoms with Gasteiger partial charge in [0.2, 0.25) is 0 Å². The van der Waals surface area contributed by atoms with Crippen molar-refractivity contribution in [2.24, 2.45) is 0 Å². The second-order valence-electron chi connectivity index (χ2n) is 4.84. The van der Waals surface area contributed by atoms with Crippen LogP contribution in [0.4, 0.5) is 15.8 Å². The molecule has 0 atom stereocenters. The molecule has 110 valence electrons. The molecule has 0 aromatic heterocycles. The van der Waals surface area contributed by atoms with Crippen molar-refractivity contribution in [3.8, 4) is 5.75 Å². The third-order valence-corrected chi connectivity index (χ3v) is 3.25. The van der Waals surface area contributed by atoms with E-state index >= 15 is 0 Å². The number of hydrogen-bond donors (Lipinski definition) is 2. The molecule has 2 rings (SSSR count). The van der Waals surface area contributed by atoms with Crippen LogP contribution >= 0.6 is 0 Å². The lowest BCUT2D eigenvalue weighted by Crippen LogP contribution is -2.03. The van der Waals surface area contributed by atoms with Crippen molar-refractivity contribution in [3.63, 3.8) is 0 Å². The topological polar surface area (TPSA) is 75.4 Å². The molecule has 0 radical (unpaired) electrons. The van der Waals surface area contributed by atoms with Gasteiger partial charge in [-0.05, 0) is 43.7 Å². The minimum atomic E-state index is -0.429. The highest BCUT2D eigenvalue weighted by molar-refractivity contribution is 5.59. The highest BCUT2D eigenvalue weighted by atomic mass is 19.1. The average molecular weight is 290 g/mol. The Morgan fingerprint density at radius 1 is 1.24 bits per heavy atom. The number of aryl methyl sites for hydroxylation is 2. The summed E-state index contributed by atoms with van der Waals surface area (Å²) in [7, 11) is 0. The van der Waals surface area contributed by atoms with Gasteiger partial charge in [0.25, 0.3) is 5.69 Å². The molecule has 2 aromatic carbocycles. The van der Waals surface area contributed by atoms with Gasteiger partial charge in [-0.1, -0.05) is 0 Å². The molecular formula is C15H15FN2O3. The molecule has 0 saturated carbocycles. The molecule has 0 heterocycles. The molecule has 6 heteroatoms. The first-order valence-electron chi connectivity index (χ1n) is 6.35. The van der Waals surface area contributed by atoms with Crippen molar-refractivity contribution in [2.45, 2.75) is 20.4 Å². The number of aromatic hydroxyl groups is 1. The number of nitro groups is 1. The lowest BCUT2D eigenvalue weighted by Gasteiger charge is -2.12. The summed E-state index contributed by atoms with van der Waals surface area (Å²) < 4.78 is 13.1. The maximum Gasteiger partial charge on any atom is 0.272 e. The highest BCUT2D eigenvalue weighted by Crippen LogP contribution is 2.27. The van der Waals surface area contributed by atoms with Gasteiger partial charge in [-0.2, -0.15) is 0 Å². The van der Waals surface area contributed by atoms with Crippen LogP contribution in [0.15, 0.2) is 30.3 Å². The third-order valence-electron chi connectivity index (χ3n) is 3.25. The van der Waals surface area contributed by atoms with E-state index < -0.39 is 10.7 Å². The first kappa shape index (κ1) is 14.8. The molecule has 0 aliphatic carbocycles.